The Hall–Kier alpha value is -2.58. The first kappa shape index (κ1) is 22.7. The Morgan fingerprint density at radius 2 is 1.90 bits per heavy atom. The molecule has 0 bridgehead atoms. The minimum Gasteiger partial charge on any atom is -0.333 e. The van der Waals surface area contributed by atoms with Crippen molar-refractivity contribution in [3.63, 3.8) is 0 Å². The van der Waals surface area contributed by atoms with Gasteiger partial charge in [-0.2, -0.15) is 13.2 Å². The Balaban J connectivity index is 1.98. The van der Waals surface area contributed by atoms with Gasteiger partial charge >= 0.3 is 12.1 Å². The zero-order chi connectivity index (χ0) is 21.4. The van der Waals surface area contributed by atoms with Crippen LogP contribution in [0.25, 0.3) is 0 Å². The summed E-state index contributed by atoms with van der Waals surface area (Å²) in [5, 5.41) is 2.68. The molecule has 1 fully saturated rings. The fourth-order valence-electron chi connectivity index (χ4n) is 3.23. The van der Waals surface area contributed by atoms with E-state index in [4.69, 9.17) is 0 Å². The van der Waals surface area contributed by atoms with E-state index in [9.17, 15) is 27.6 Å². The van der Waals surface area contributed by atoms with Crippen molar-refractivity contribution < 1.29 is 27.6 Å². The molecule has 0 radical (unpaired) electrons. The zero-order valence-corrected chi connectivity index (χ0v) is 16.4. The second-order valence-electron chi connectivity index (χ2n) is 7.05. The van der Waals surface area contributed by atoms with E-state index in [2.05, 4.69) is 5.32 Å². The average molecular weight is 413 g/mol. The highest BCUT2D eigenvalue weighted by atomic mass is 19.4. The highest BCUT2D eigenvalue weighted by Gasteiger charge is 2.41. The Bertz CT molecular complexity index is 737. The predicted molar refractivity (Wildman–Crippen MR) is 102 cm³/mol. The first-order valence-electron chi connectivity index (χ1n) is 9.73. The van der Waals surface area contributed by atoms with E-state index >= 15 is 0 Å². The summed E-state index contributed by atoms with van der Waals surface area (Å²) in [6.07, 6.45) is -0.774. The summed E-state index contributed by atoms with van der Waals surface area (Å²) >= 11 is 0. The van der Waals surface area contributed by atoms with Crippen LogP contribution in [0.2, 0.25) is 0 Å². The van der Waals surface area contributed by atoms with Crippen LogP contribution in [-0.4, -0.2) is 53.3 Å². The van der Waals surface area contributed by atoms with Crippen LogP contribution in [0.1, 0.15) is 44.6 Å². The number of carbonyl (C=O) groups is 3. The van der Waals surface area contributed by atoms with E-state index in [0.717, 1.165) is 25.7 Å². The predicted octanol–water partition coefficient (Wildman–Crippen LogP) is 3.33. The molecule has 160 valence electrons. The second-order valence-corrected chi connectivity index (χ2v) is 7.05. The summed E-state index contributed by atoms with van der Waals surface area (Å²) in [5.41, 5.74) is 0.868. The van der Waals surface area contributed by atoms with Gasteiger partial charge in [-0.3, -0.25) is 14.4 Å². The molecule has 0 atom stereocenters. The average Bonchev–Trinajstić information content (AvgIpc) is 2.65. The number of nitrogens with zero attached hydrogens (tertiary/aromatic N) is 2. The van der Waals surface area contributed by atoms with Crippen LogP contribution in [0, 0.1) is 0 Å². The van der Waals surface area contributed by atoms with E-state index in [1.54, 1.807) is 23.1 Å². The number of amides is 3. The van der Waals surface area contributed by atoms with Gasteiger partial charge in [-0.25, -0.2) is 0 Å². The number of halogens is 3. The molecule has 2 rings (SSSR count). The number of alkyl halides is 3. The summed E-state index contributed by atoms with van der Waals surface area (Å²) in [4.78, 5) is 38.2. The molecule has 6 nitrogen and oxygen atoms in total. The molecule has 29 heavy (non-hydrogen) atoms. The Labute approximate surface area is 168 Å². The third kappa shape index (κ3) is 7.07. The summed E-state index contributed by atoms with van der Waals surface area (Å²) in [6.45, 7) is 1.64. The van der Waals surface area contributed by atoms with Gasteiger partial charge in [0.15, 0.2) is 0 Å². The molecule has 0 saturated carbocycles. The van der Waals surface area contributed by atoms with Gasteiger partial charge in [-0.05, 0) is 37.5 Å². The van der Waals surface area contributed by atoms with Gasteiger partial charge in [-0.1, -0.05) is 25.0 Å². The van der Waals surface area contributed by atoms with Gasteiger partial charge in [0.1, 0.15) is 0 Å². The summed E-state index contributed by atoms with van der Waals surface area (Å²) in [5.74, 6) is -2.31. The fourth-order valence-corrected chi connectivity index (χ4v) is 3.23. The summed E-state index contributed by atoms with van der Waals surface area (Å²) in [7, 11) is 0. The molecule has 1 N–H and O–H groups in total. The molecule has 1 aliphatic heterocycles. The van der Waals surface area contributed by atoms with Crippen molar-refractivity contribution in [3.05, 3.63) is 29.8 Å². The summed E-state index contributed by atoms with van der Waals surface area (Å²) < 4.78 is 38.0. The van der Waals surface area contributed by atoms with E-state index in [1.807, 2.05) is 0 Å². The molecule has 0 unspecified atom stereocenters. The third-order valence-corrected chi connectivity index (χ3v) is 4.75. The number of likely N-dealkylation sites (tertiary alicyclic amines) is 1. The largest absolute Gasteiger partial charge is 0.471 e. The van der Waals surface area contributed by atoms with E-state index in [0.29, 0.717) is 29.1 Å². The monoisotopic (exact) mass is 413 g/mol. The van der Waals surface area contributed by atoms with Gasteiger partial charge in [0.05, 0.1) is 6.54 Å². The Morgan fingerprint density at radius 1 is 1.17 bits per heavy atom. The van der Waals surface area contributed by atoms with Crippen molar-refractivity contribution in [1.29, 1.82) is 0 Å². The van der Waals surface area contributed by atoms with Gasteiger partial charge in [-0.15, -0.1) is 0 Å². The van der Waals surface area contributed by atoms with Crippen LogP contribution in [0.3, 0.4) is 0 Å². The number of hydrogen-bond donors (Lipinski definition) is 1. The van der Waals surface area contributed by atoms with Crippen molar-refractivity contribution in [2.75, 3.05) is 25.0 Å². The van der Waals surface area contributed by atoms with Crippen LogP contribution < -0.4 is 5.32 Å². The maximum atomic E-state index is 12.7. The van der Waals surface area contributed by atoms with E-state index in [-0.39, 0.29) is 31.4 Å². The Kier molecular flexibility index (Phi) is 8.04. The minimum absolute atomic E-state index is 0.0437. The fraction of sp³-hybridized carbons (Fsp3) is 0.550. The van der Waals surface area contributed by atoms with Crippen LogP contribution in [-0.2, 0) is 20.9 Å². The molecular weight excluding hydrogens is 387 g/mol. The van der Waals surface area contributed by atoms with Crippen molar-refractivity contribution in [3.8, 4) is 0 Å². The SMILES string of the molecule is CCN(Cc1cccc(NC(=O)CN2CCCCCCC2=O)c1)C(=O)C(F)(F)F. The molecule has 0 aromatic heterocycles. The molecule has 0 spiro atoms. The van der Waals surface area contributed by atoms with E-state index in [1.165, 1.54) is 13.0 Å². The highest BCUT2D eigenvalue weighted by molar-refractivity contribution is 5.94. The molecule has 1 aromatic carbocycles. The van der Waals surface area contributed by atoms with Gasteiger partial charge in [0.25, 0.3) is 0 Å². The standard InChI is InChI=1S/C20H26F3N3O3/c1-2-25(19(29)20(21,22)23)13-15-8-7-9-16(12-15)24-17(27)14-26-11-6-4-3-5-10-18(26)28/h7-9,12H,2-6,10-11,13-14H2,1H3,(H,24,27). The number of anilines is 1. The van der Waals surface area contributed by atoms with Crippen molar-refractivity contribution in [2.45, 2.75) is 51.7 Å². The molecule has 3 amide bonds. The molecule has 1 saturated heterocycles. The van der Waals surface area contributed by atoms with Crippen LogP contribution in [0.5, 0.6) is 0 Å². The molecular formula is C20H26F3N3O3. The number of benzene rings is 1. The Morgan fingerprint density at radius 3 is 2.59 bits per heavy atom. The number of nitrogens with one attached hydrogen (secondary N) is 1. The zero-order valence-electron chi connectivity index (χ0n) is 16.4. The molecule has 1 heterocycles. The molecule has 0 aliphatic carbocycles. The second kappa shape index (κ2) is 10.3. The number of hydrogen-bond acceptors (Lipinski definition) is 3. The first-order valence-corrected chi connectivity index (χ1v) is 9.73. The van der Waals surface area contributed by atoms with Crippen molar-refractivity contribution in [1.82, 2.24) is 9.80 Å². The summed E-state index contributed by atoms with van der Waals surface area (Å²) in [6, 6.07) is 6.32. The molecule has 9 heteroatoms. The van der Waals surface area contributed by atoms with Crippen LogP contribution in [0.15, 0.2) is 24.3 Å². The van der Waals surface area contributed by atoms with Crippen LogP contribution >= 0.6 is 0 Å². The topological polar surface area (TPSA) is 69.7 Å². The van der Waals surface area contributed by atoms with Crippen molar-refractivity contribution >= 4 is 23.4 Å². The maximum Gasteiger partial charge on any atom is 0.471 e. The van der Waals surface area contributed by atoms with Crippen molar-refractivity contribution in [2.24, 2.45) is 0 Å². The first-order chi connectivity index (χ1) is 13.7. The lowest BCUT2D eigenvalue weighted by Gasteiger charge is -2.24. The number of carbonyl (C=O) groups excluding carboxylic acids is 3. The molecule has 1 aliphatic rings. The highest BCUT2D eigenvalue weighted by Crippen LogP contribution is 2.21. The minimum atomic E-state index is -4.93. The lowest BCUT2D eigenvalue weighted by Crippen LogP contribution is -2.40. The van der Waals surface area contributed by atoms with Gasteiger partial charge < -0.3 is 15.1 Å². The number of rotatable bonds is 6. The smallest absolute Gasteiger partial charge is 0.333 e. The normalized spacial score (nSPS) is 15.4. The van der Waals surface area contributed by atoms with Gasteiger partial charge in [0, 0.05) is 31.7 Å². The maximum absolute atomic E-state index is 12.7. The lowest BCUT2D eigenvalue weighted by atomic mass is 10.1. The quantitative estimate of drug-likeness (QED) is 0.778. The van der Waals surface area contributed by atoms with Gasteiger partial charge in [0.2, 0.25) is 11.8 Å². The lowest BCUT2D eigenvalue weighted by molar-refractivity contribution is -0.185. The third-order valence-electron chi connectivity index (χ3n) is 4.75. The van der Waals surface area contributed by atoms with Crippen LogP contribution in [0.4, 0.5) is 18.9 Å². The van der Waals surface area contributed by atoms with E-state index < -0.39 is 12.1 Å². The molecule has 1 aromatic rings.